The molecule has 1 saturated heterocycles. The molecule has 0 radical (unpaired) electrons. The average molecular weight is 307 g/mol. The number of carbonyl (C=O) groups excluding carboxylic acids is 1. The molecular formula is C15H25N5O2. The van der Waals surface area contributed by atoms with Crippen LogP contribution in [0, 0.1) is 0 Å². The van der Waals surface area contributed by atoms with Gasteiger partial charge in [0, 0.05) is 40.0 Å². The number of amides is 1. The lowest BCUT2D eigenvalue weighted by molar-refractivity contribution is -0.130. The molecule has 0 aliphatic carbocycles. The number of carbonyl (C=O) groups is 1. The van der Waals surface area contributed by atoms with E-state index in [2.05, 4.69) is 22.2 Å². The number of aromatic nitrogens is 2. The first-order valence-corrected chi connectivity index (χ1v) is 7.78. The van der Waals surface area contributed by atoms with E-state index in [1.165, 1.54) is 6.33 Å². The Kier molecular flexibility index (Phi) is 5.41. The summed E-state index contributed by atoms with van der Waals surface area (Å²) in [5.74, 6) is 1.53. The Labute approximate surface area is 131 Å². The maximum Gasteiger partial charge on any atom is 0.243 e. The van der Waals surface area contributed by atoms with Crippen LogP contribution in [0.25, 0.3) is 0 Å². The highest BCUT2D eigenvalue weighted by atomic mass is 16.5. The Hall–Kier alpha value is -2.05. The van der Waals surface area contributed by atoms with Crippen molar-refractivity contribution >= 4 is 17.4 Å². The Balaban J connectivity index is 2.12. The van der Waals surface area contributed by atoms with Crippen molar-refractivity contribution in [3.05, 3.63) is 6.33 Å². The van der Waals surface area contributed by atoms with Gasteiger partial charge in [-0.05, 0) is 6.92 Å². The van der Waals surface area contributed by atoms with Gasteiger partial charge in [-0.3, -0.25) is 4.79 Å². The summed E-state index contributed by atoms with van der Waals surface area (Å²) in [5.41, 5.74) is 0.784. The summed E-state index contributed by atoms with van der Waals surface area (Å²) in [5, 5.41) is 3.13. The lowest BCUT2D eigenvalue weighted by Gasteiger charge is -2.22. The number of nitrogens with zero attached hydrogens (tertiary/aromatic N) is 4. The third kappa shape index (κ3) is 3.40. The molecule has 1 atom stereocenters. The fourth-order valence-corrected chi connectivity index (χ4v) is 2.54. The van der Waals surface area contributed by atoms with Crippen LogP contribution in [0.2, 0.25) is 0 Å². The average Bonchev–Trinajstić information content (AvgIpc) is 3.01. The summed E-state index contributed by atoms with van der Waals surface area (Å²) in [6, 6.07) is 0. The third-order valence-corrected chi connectivity index (χ3v) is 3.96. The molecule has 0 bridgehead atoms. The molecule has 22 heavy (non-hydrogen) atoms. The normalized spacial score (nSPS) is 17.5. The minimum absolute atomic E-state index is 0.0164. The van der Waals surface area contributed by atoms with E-state index in [9.17, 15) is 4.79 Å². The molecule has 7 nitrogen and oxygen atoms in total. The lowest BCUT2D eigenvalue weighted by atomic mass is 10.3. The number of rotatable bonds is 6. The van der Waals surface area contributed by atoms with Crippen molar-refractivity contribution in [1.82, 2.24) is 14.9 Å². The van der Waals surface area contributed by atoms with Gasteiger partial charge in [0.15, 0.2) is 5.82 Å². The van der Waals surface area contributed by atoms with E-state index in [1.807, 2.05) is 30.8 Å². The van der Waals surface area contributed by atoms with Crippen molar-refractivity contribution in [2.24, 2.45) is 0 Å². The van der Waals surface area contributed by atoms with Crippen LogP contribution in [-0.4, -0.2) is 60.6 Å². The Morgan fingerprint density at radius 1 is 1.50 bits per heavy atom. The molecular weight excluding hydrogens is 282 g/mol. The number of ether oxygens (including phenoxy) is 1. The summed E-state index contributed by atoms with van der Waals surface area (Å²) >= 11 is 0. The quantitative estimate of drug-likeness (QED) is 0.856. The highest BCUT2D eigenvalue weighted by molar-refractivity contribution is 5.76. The first-order chi connectivity index (χ1) is 10.6. The number of likely N-dealkylation sites (tertiary alicyclic amines) is 1. The monoisotopic (exact) mass is 307 g/mol. The van der Waals surface area contributed by atoms with Crippen LogP contribution in [0.15, 0.2) is 6.33 Å². The van der Waals surface area contributed by atoms with Gasteiger partial charge >= 0.3 is 0 Å². The van der Waals surface area contributed by atoms with Gasteiger partial charge in [-0.25, -0.2) is 4.98 Å². The smallest absolute Gasteiger partial charge is 0.243 e. The van der Waals surface area contributed by atoms with Crippen molar-refractivity contribution < 1.29 is 9.53 Å². The largest absolute Gasteiger partial charge is 0.471 e. The van der Waals surface area contributed by atoms with Crippen LogP contribution >= 0.6 is 0 Å². The standard InChI is InChI=1S/C15H25N5O2/c1-5-12(21)20-8-7-11(9-20)22-15-13(16-3)14(17-10-18-15)19(4)6-2/h10-11,16H,5-9H2,1-4H3. The van der Waals surface area contributed by atoms with Crippen molar-refractivity contribution in [3.8, 4) is 5.88 Å². The lowest BCUT2D eigenvalue weighted by Crippen LogP contribution is -2.30. The van der Waals surface area contributed by atoms with Crippen LogP contribution in [0.3, 0.4) is 0 Å². The fraction of sp³-hybridized carbons (Fsp3) is 0.667. The van der Waals surface area contributed by atoms with Gasteiger partial charge in [-0.2, -0.15) is 4.98 Å². The zero-order valence-corrected chi connectivity index (χ0v) is 13.8. The van der Waals surface area contributed by atoms with E-state index in [4.69, 9.17) is 4.74 Å². The summed E-state index contributed by atoms with van der Waals surface area (Å²) in [4.78, 5) is 24.2. The zero-order valence-electron chi connectivity index (χ0n) is 13.8. The van der Waals surface area contributed by atoms with Gasteiger partial charge in [0.05, 0.1) is 6.54 Å². The fourth-order valence-electron chi connectivity index (χ4n) is 2.54. The first kappa shape index (κ1) is 16.3. The Morgan fingerprint density at radius 2 is 2.27 bits per heavy atom. The van der Waals surface area contributed by atoms with Gasteiger partial charge in [-0.1, -0.05) is 6.92 Å². The molecule has 1 N–H and O–H groups in total. The highest BCUT2D eigenvalue weighted by Crippen LogP contribution is 2.31. The van der Waals surface area contributed by atoms with Gasteiger partial charge in [0.25, 0.3) is 0 Å². The number of hydrogen-bond donors (Lipinski definition) is 1. The Bertz CT molecular complexity index is 523. The second-order valence-corrected chi connectivity index (χ2v) is 5.36. The highest BCUT2D eigenvalue weighted by Gasteiger charge is 2.28. The Morgan fingerprint density at radius 3 is 2.91 bits per heavy atom. The predicted molar refractivity (Wildman–Crippen MR) is 86.4 cm³/mol. The van der Waals surface area contributed by atoms with Crippen molar-refractivity contribution in [2.45, 2.75) is 32.8 Å². The van der Waals surface area contributed by atoms with Crippen molar-refractivity contribution in [3.63, 3.8) is 0 Å². The number of hydrogen-bond acceptors (Lipinski definition) is 6. The SMILES string of the molecule is CCC(=O)N1CCC(Oc2ncnc(N(C)CC)c2NC)C1. The second-order valence-electron chi connectivity index (χ2n) is 5.36. The molecule has 0 saturated carbocycles. The van der Waals surface area contributed by atoms with Crippen LogP contribution in [0.4, 0.5) is 11.5 Å². The molecule has 1 aliphatic heterocycles. The van der Waals surface area contributed by atoms with E-state index < -0.39 is 0 Å². The molecule has 122 valence electrons. The second kappa shape index (κ2) is 7.29. The van der Waals surface area contributed by atoms with E-state index in [0.29, 0.717) is 18.8 Å². The third-order valence-electron chi connectivity index (χ3n) is 3.96. The van der Waals surface area contributed by atoms with Crippen LogP contribution < -0.4 is 15.0 Å². The molecule has 1 aromatic rings. The zero-order chi connectivity index (χ0) is 16.1. The van der Waals surface area contributed by atoms with Crippen LogP contribution in [0.5, 0.6) is 5.88 Å². The van der Waals surface area contributed by atoms with E-state index in [0.717, 1.165) is 31.0 Å². The molecule has 1 unspecified atom stereocenters. The van der Waals surface area contributed by atoms with Crippen LogP contribution in [0.1, 0.15) is 26.7 Å². The van der Waals surface area contributed by atoms with Gasteiger partial charge < -0.3 is 19.9 Å². The molecule has 0 spiro atoms. The molecule has 7 heteroatoms. The van der Waals surface area contributed by atoms with Gasteiger partial charge in [0.1, 0.15) is 18.1 Å². The molecule has 0 aromatic carbocycles. The molecule has 1 fully saturated rings. The number of nitrogens with one attached hydrogen (secondary N) is 1. The van der Waals surface area contributed by atoms with Crippen molar-refractivity contribution in [1.29, 1.82) is 0 Å². The van der Waals surface area contributed by atoms with Gasteiger partial charge in [0.2, 0.25) is 11.8 Å². The molecule has 1 aliphatic rings. The minimum Gasteiger partial charge on any atom is -0.471 e. The topological polar surface area (TPSA) is 70.6 Å². The number of anilines is 2. The van der Waals surface area contributed by atoms with Gasteiger partial charge in [-0.15, -0.1) is 0 Å². The summed E-state index contributed by atoms with van der Waals surface area (Å²) in [7, 11) is 3.81. The summed E-state index contributed by atoms with van der Waals surface area (Å²) < 4.78 is 6.02. The first-order valence-electron chi connectivity index (χ1n) is 7.78. The molecule has 2 heterocycles. The molecule has 2 rings (SSSR count). The predicted octanol–water partition coefficient (Wildman–Crippen LogP) is 1.36. The van der Waals surface area contributed by atoms with E-state index >= 15 is 0 Å². The van der Waals surface area contributed by atoms with E-state index in [-0.39, 0.29) is 12.0 Å². The molecule has 1 aromatic heterocycles. The minimum atomic E-state index is -0.0164. The summed E-state index contributed by atoms with van der Waals surface area (Å²) in [6.07, 6.45) is 2.87. The maximum atomic E-state index is 11.7. The molecule has 1 amide bonds. The van der Waals surface area contributed by atoms with E-state index in [1.54, 1.807) is 0 Å². The van der Waals surface area contributed by atoms with Crippen molar-refractivity contribution in [2.75, 3.05) is 43.9 Å². The maximum absolute atomic E-state index is 11.7. The van der Waals surface area contributed by atoms with Crippen LogP contribution in [-0.2, 0) is 4.79 Å². The summed E-state index contributed by atoms with van der Waals surface area (Å²) in [6.45, 7) is 6.16.